The van der Waals surface area contributed by atoms with Crippen molar-refractivity contribution >= 4 is 17.4 Å². The number of hydrogen-bond donors (Lipinski definition) is 1. The number of rotatable bonds is 1. The van der Waals surface area contributed by atoms with Gasteiger partial charge in [-0.25, -0.2) is 0 Å². The summed E-state index contributed by atoms with van der Waals surface area (Å²) in [6, 6.07) is 2.84. The van der Waals surface area contributed by atoms with Gasteiger partial charge in [-0.05, 0) is 31.5 Å². The van der Waals surface area contributed by atoms with Crippen molar-refractivity contribution in [3.8, 4) is 5.75 Å². The fraction of sp³-hybridized carbons (Fsp3) is 0.222. The predicted molar refractivity (Wildman–Crippen MR) is 47.9 cm³/mol. The normalized spacial score (nSPS) is 9.92. The second-order valence-electron chi connectivity index (χ2n) is 2.66. The molecule has 0 unspecified atom stereocenters. The zero-order valence-corrected chi connectivity index (χ0v) is 7.64. The van der Waals surface area contributed by atoms with E-state index in [9.17, 15) is 4.79 Å². The Labute approximate surface area is 75.8 Å². The predicted octanol–water partition coefficient (Wildman–Crippen LogP) is 2.56. The van der Waals surface area contributed by atoms with Gasteiger partial charge < -0.3 is 5.11 Å². The first-order valence-electron chi connectivity index (χ1n) is 3.52. The third-order valence-electron chi connectivity index (χ3n) is 1.71. The zero-order chi connectivity index (χ0) is 9.30. The Balaban J connectivity index is 3.37. The lowest BCUT2D eigenvalue weighted by molar-refractivity contribution is 0.101. The number of hydrogen-bond acceptors (Lipinski definition) is 2. The first kappa shape index (κ1) is 9.07. The molecule has 0 radical (unpaired) electrons. The van der Waals surface area contributed by atoms with Gasteiger partial charge in [-0.1, -0.05) is 11.6 Å². The number of benzene rings is 1. The number of phenolic OH excluding ortho intramolecular Hbond substituents is 1. The highest BCUT2D eigenvalue weighted by Gasteiger charge is 2.08. The van der Waals surface area contributed by atoms with Gasteiger partial charge in [0.15, 0.2) is 5.78 Å². The molecule has 0 spiro atoms. The van der Waals surface area contributed by atoms with E-state index in [0.29, 0.717) is 16.1 Å². The molecule has 0 bridgehead atoms. The molecule has 0 heterocycles. The van der Waals surface area contributed by atoms with Gasteiger partial charge in [-0.2, -0.15) is 0 Å². The third kappa shape index (κ3) is 1.59. The Morgan fingerprint density at radius 2 is 2.08 bits per heavy atom. The second-order valence-corrected chi connectivity index (χ2v) is 3.06. The van der Waals surface area contributed by atoms with E-state index in [2.05, 4.69) is 0 Å². The summed E-state index contributed by atoms with van der Waals surface area (Å²) in [7, 11) is 0. The highest BCUT2D eigenvalue weighted by atomic mass is 35.5. The van der Waals surface area contributed by atoms with Crippen LogP contribution in [0.2, 0.25) is 5.02 Å². The SMILES string of the molecule is CC(=O)c1cc(O)cc(Cl)c1C. The summed E-state index contributed by atoms with van der Waals surface area (Å²) in [5.41, 5.74) is 1.18. The molecule has 2 nitrogen and oxygen atoms in total. The summed E-state index contributed by atoms with van der Waals surface area (Å²) in [5, 5.41) is 9.55. The summed E-state index contributed by atoms with van der Waals surface area (Å²) in [5.74, 6) is -0.0684. The molecule has 0 fully saturated rings. The molecule has 64 valence electrons. The summed E-state index contributed by atoms with van der Waals surface area (Å²) in [4.78, 5) is 11.0. The van der Waals surface area contributed by atoms with E-state index < -0.39 is 0 Å². The Kier molecular flexibility index (Phi) is 2.38. The van der Waals surface area contributed by atoms with Crippen molar-refractivity contribution < 1.29 is 9.90 Å². The van der Waals surface area contributed by atoms with Crippen LogP contribution >= 0.6 is 11.6 Å². The molecule has 3 heteroatoms. The molecular formula is C9H9ClO2. The Hall–Kier alpha value is -1.02. The molecule has 0 amide bonds. The van der Waals surface area contributed by atoms with Crippen LogP contribution in [0.25, 0.3) is 0 Å². The minimum Gasteiger partial charge on any atom is -0.508 e. The van der Waals surface area contributed by atoms with Gasteiger partial charge in [0, 0.05) is 10.6 Å². The quantitative estimate of drug-likeness (QED) is 0.682. The molecular weight excluding hydrogens is 176 g/mol. The highest BCUT2D eigenvalue weighted by molar-refractivity contribution is 6.32. The maximum Gasteiger partial charge on any atom is 0.160 e. The molecule has 12 heavy (non-hydrogen) atoms. The van der Waals surface area contributed by atoms with E-state index in [-0.39, 0.29) is 11.5 Å². The van der Waals surface area contributed by atoms with Gasteiger partial charge >= 0.3 is 0 Å². The number of aromatic hydroxyl groups is 1. The van der Waals surface area contributed by atoms with Gasteiger partial charge in [-0.15, -0.1) is 0 Å². The Morgan fingerprint density at radius 1 is 1.50 bits per heavy atom. The summed E-state index contributed by atoms with van der Waals surface area (Å²) >= 11 is 5.75. The number of Topliss-reactive ketones (excluding diaryl/α,β-unsaturated/α-hetero) is 1. The molecule has 0 aliphatic heterocycles. The van der Waals surface area contributed by atoms with Crippen molar-refractivity contribution in [2.45, 2.75) is 13.8 Å². The molecule has 1 aromatic carbocycles. The van der Waals surface area contributed by atoms with Crippen molar-refractivity contribution in [2.75, 3.05) is 0 Å². The summed E-state index contributed by atoms with van der Waals surface area (Å²) in [6.07, 6.45) is 0. The minimum absolute atomic E-state index is 0.0239. The van der Waals surface area contributed by atoms with Crippen molar-refractivity contribution in [3.05, 3.63) is 28.3 Å². The number of ketones is 1. The smallest absolute Gasteiger partial charge is 0.160 e. The van der Waals surface area contributed by atoms with Gasteiger partial charge in [0.25, 0.3) is 0 Å². The van der Waals surface area contributed by atoms with Gasteiger partial charge in [0.05, 0.1) is 0 Å². The fourth-order valence-electron chi connectivity index (χ4n) is 1.03. The van der Waals surface area contributed by atoms with Crippen LogP contribution in [-0.4, -0.2) is 10.9 Å². The largest absolute Gasteiger partial charge is 0.508 e. The van der Waals surface area contributed by atoms with Crippen LogP contribution in [0.1, 0.15) is 22.8 Å². The highest BCUT2D eigenvalue weighted by Crippen LogP contribution is 2.25. The molecule has 0 saturated carbocycles. The monoisotopic (exact) mass is 184 g/mol. The number of halogens is 1. The summed E-state index contributed by atoms with van der Waals surface area (Å²) < 4.78 is 0. The van der Waals surface area contributed by atoms with Crippen molar-refractivity contribution in [1.82, 2.24) is 0 Å². The molecule has 1 rings (SSSR count). The van der Waals surface area contributed by atoms with E-state index in [0.717, 1.165) is 0 Å². The van der Waals surface area contributed by atoms with Crippen molar-refractivity contribution in [1.29, 1.82) is 0 Å². The standard InChI is InChI=1S/C9H9ClO2/c1-5-8(6(2)11)3-7(12)4-9(5)10/h3-4,12H,1-2H3. The number of carbonyl (C=O) groups is 1. The molecule has 0 aliphatic rings. The Morgan fingerprint density at radius 3 is 2.58 bits per heavy atom. The molecule has 1 aromatic rings. The van der Waals surface area contributed by atoms with Gasteiger partial charge in [-0.3, -0.25) is 4.79 Å². The van der Waals surface area contributed by atoms with Crippen LogP contribution in [-0.2, 0) is 0 Å². The summed E-state index contributed by atoms with van der Waals surface area (Å²) in [6.45, 7) is 3.19. The molecule has 0 aromatic heterocycles. The fourth-order valence-corrected chi connectivity index (χ4v) is 1.24. The first-order chi connectivity index (χ1) is 5.52. The van der Waals surface area contributed by atoms with Crippen LogP contribution in [0, 0.1) is 6.92 Å². The van der Waals surface area contributed by atoms with E-state index >= 15 is 0 Å². The Bertz CT molecular complexity index is 332. The molecule has 0 aliphatic carbocycles. The van der Waals surface area contributed by atoms with Crippen LogP contribution in [0.3, 0.4) is 0 Å². The van der Waals surface area contributed by atoms with Gasteiger partial charge in [0.1, 0.15) is 5.75 Å². The van der Waals surface area contributed by atoms with Crippen molar-refractivity contribution in [3.63, 3.8) is 0 Å². The molecule has 0 atom stereocenters. The third-order valence-corrected chi connectivity index (χ3v) is 2.10. The first-order valence-corrected chi connectivity index (χ1v) is 3.90. The van der Waals surface area contributed by atoms with E-state index in [4.69, 9.17) is 16.7 Å². The average molecular weight is 185 g/mol. The lowest BCUT2D eigenvalue weighted by Crippen LogP contribution is -1.96. The van der Waals surface area contributed by atoms with Crippen LogP contribution in [0.4, 0.5) is 0 Å². The zero-order valence-electron chi connectivity index (χ0n) is 6.89. The number of carbonyl (C=O) groups excluding carboxylic acids is 1. The lowest BCUT2D eigenvalue weighted by Gasteiger charge is -2.04. The van der Waals surface area contributed by atoms with Crippen LogP contribution < -0.4 is 0 Å². The van der Waals surface area contributed by atoms with E-state index in [1.54, 1.807) is 6.92 Å². The molecule has 0 saturated heterocycles. The number of phenols is 1. The van der Waals surface area contributed by atoms with Crippen LogP contribution in [0.15, 0.2) is 12.1 Å². The van der Waals surface area contributed by atoms with Gasteiger partial charge in [0.2, 0.25) is 0 Å². The maximum absolute atomic E-state index is 11.0. The molecule has 1 N–H and O–H groups in total. The topological polar surface area (TPSA) is 37.3 Å². The second kappa shape index (κ2) is 3.15. The van der Waals surface area contributed by atoms with E-state index in [1.165, 1.54) is 19.1 Å². The average Bonchev–Trinajstić information content (AvgIpc) is 1.96. The van der Waals surface area contributed by atoms with Crippen LogP contribution in [0.5, 0.6) is 5.75 Å². The maximum atomic E-state index is 11.0. The lowest BCUT2D eigenvalue weighted by atomic mass is 10.1. The minimum atomic E-state index is -0.0923. The van der Waals surface area contributed by atoms with Crippen molar-refractivity contribution in [2.24, 2.45) is 0 Å². The van der Waals surface area contributed by atoms with E-state index in [1.807, 2.05) is 0 Å².